The summed E-state index contributed by atoms with van der Waals surface area (Å²) < 4.78 is 0. The van der Waals surface area contributed by atoms with Crippen LogP contribution in [0, 0.1) is 5.92 Å². The van der Waals surface area contributed by atoms with E-state index >= 15 is 0 Å². The van der Waals surface area contributed by atoms with Crippen LogP contribution in [0.25, 0.3) is 0 Å². The number of nitrogens with one attached hydrogen (secondary N) is 1. The highest BCUT2D eigenvalue weighted by Gasteiger charge is 2.31. The summed E-state index contributed by atoms with van der Waals surface area (Å²) in [5.41, 5.74) is 1.08. The first-order valence-electron chi connectivity index (χ1n) is 6.99. The molecule has 0 aliphatic carbocycles. The van der Waals surface area contributed by atoms with E-state index in [1.807, 2.05) is 0 Å². The molecule has 0 bridgehead atoms. The summed E-state index contributed by atoms with van der Waals surface area (Å²) in [5.74, 6) is -0.400. The van der Waals surface area contributed by atoms with Crippen molar-refractivity contribution >= 4 is 28.5 Å². The van der Waals surface area contributed by atoms with E-state index in [4.69, 9.17) is 5.11 Å². The first-order valence-corrected chi connectivity index (χ1v) is 7.80. The minimum atomic E-state index is -0.960. The van der Waals surface area contributed by atoms with Crippen LogP contribution in [0.3, 0.4) is 0 Å². The van der Waals surface area contributed by atoms with E-state index in [1.54, 1.807) is 0 Å². The zero-order chi connectivity index (χ0) is 15.0. The van der Waals surface area contributed by atoms with E-state index in [0.717, 1.165) is 25.2 Å². The number of fused-ring (bicyclic) bond motifs is 1. The summed E-state index contributed by atoms with van der Waals surface area (Å²) in [5, 5.41) is 12.4. The van der Waals surface area contributed by atoms with Crippen molar-refractivity contribution in [1.29, 1.82) is 0 Å². The normalized spacial score (nSPS) is 22.1. The number of hydrogen-bond acceptors (Lipinski definition) is 5. The van der Waals surface area contributed by atoms with Crippen LogP contribution in [-0.2, 0) is 17.8 Å². The highest BCUT2D eigenvalue weighted by atomic mass is 32.1. The molecular weight excluding hydrogens is 292 g/mol. The Balaban J connectivity index is 1.62. The van der Waals surface area contributed by atoms with Crippen LogP contribution in [0.2, 0.25) is 0 Å². The second-order valence-corrected chi connectivity index (χ2v) is 6.66. The standard InChI is InChI=1S/C13H18N4O3S/c1-16-4-3-9-10(7-16)21-12(14-9)15-11(18)8-2-5-17(6-8)13(19)20/h8H,2-7H2,1H3,(H,19,20)(H,14,15,18). The Morgan fingerprint density at radius 1 is 1.43 bits per heavy atom. The lowest BCUT2D eigenvalue weighted by Crippen LogP contribution is -2.30. The Labute approximate surface area is 126 Å². The van der Waals surface area contributed by atoms with Crippen LogP contribution in [-0.4, -0.2) is 58.6 Å². The van der Waals surface area contributed by atoms with Crippen molar-refractivity contribution < 1.29 is 14.7 Å². The number of nitrogens with zero attached hydrogens (tertiary/aromatic N) is 3. The molecule has 21 heavy (non-hydrogen) atoms. The van der Waals surface area contributed by atoms with Crippen molar-refractivity contribution in [3.05, 3.63) is 10.6 Å². The molecular formula is C13H18N4O3S. The van der Waals surface area contributed by atoms with Gasteiger partial charge in [-0.05, 0) is 13.5 Å². The number of thiazole rings is 1. The molecule has 0 saturated carbocycles. The Morgan fingerprint density at radius 2 is 2.24 bits per heavy atom. The van der Waals surface area contributed by atoms with Gasteiger partial charge in [0.1, 0.15) is 0 Å². The molecule has 2 aliphatic rings. The van der Waals surface area contributed by atoms with Crippen molar-refractivity contribution in [1.82, 2.24) is 14.8 Å². The fourth-order valence-electron chi connectivity index (χ4n) is 2.73. The molecule has 3 rings (SSSR count). The number of likely N-dealkylation sites (tertiary alicyclic amines) is 1. The van der Waals surface area contributed by atoms with E-state index in [0.29, 0.717) is 18.1 Å². The molecule has 1 aromatic rings. The second kappa shape index (κ2) is 5.61. The van der Waals surface area contributed by atoms with Gasteiger partial charge in [-0.25, -0.2) is 9.78 Å². The van der Waals surface area contributed by atoms with Crippen LogP contribution >= 0.6 is 11.3 Å². The molecule has 1 saturated heterocycles. The summed E-state index contributed by atoms with van der Waals surface area (Å²) >= 11 is 1.52. The first-order chi connectivity index (χ1) is 10.0. The highest BCUT2D eigenvalue weighted by Crippen LogP contribution is 2.28. The molecule has 1 unspecified atom stereocenters. The van der Waals surface area contributed by atoms with Crippen molar-refractivity contribution in [3.8, 4) is 0 Å². The maximum Gasteiger partial charge on any atom is 0.407 e. The van der Waals surface area contributed by atoms with Gasteiger partial charge in [-0.1, -0.05) is 0 Å². The minimum Gasteiger partial charge on any atom is -0.465 e. The maximum absolute atomic E-state index is 12.2. The first kappa shape index (κ1) is 14.3. The molecule has 0 spiro atoms. The van der Waals surface area contributed by atoms with E-state index in [9.17, 15) is 9.59 Å². The van der Waals surface area contributed by atoms with Crippen LogP contribution in [0.15, 0.2) is 0 Å². The predicted molar refractivity (Wildman–Crippen MR) is 78.5 cm³/mol. The van der Waals surface area contributed by atoms with Crippen molar-refractivity contribution in [2.24, 2.45) is 5.92 Å². The van der Waals surface area contributed by atoms with Gasteiger partial charge in [0.2, 0.25) is 5.91 Å². The summed E-state index contributed by atoms with van der Waals surface area (Å²) in [4.78, 5) is 32.3. The van der Waals surface area contributed by atoms with Gasteiger partial charge in [0, 0.05) is 37.5 Å². The van der Waals surface area contributed by atoms with Gasteiger partial charge < -0.3 is 20.2 Å². The molecule has 1 atom stereocenters. The second-order valence-electron chi connectivity index (χ2n) is 5.58. The number of aromatic nitrogens is 1. The molecule has 7 nitrogen and oxygen atoms in total. The van der Waals surface area contributed by atoms with Crippen LogP contribution in [0.1, 0.15) is 17.0 Å². The maximum atomic E-state index is 12.2. The number of hydrogen-bond donors (Lipinski definition) is 2. The number of likely N-dealkylation sites (N-methyl/N-ethyl adjacent to an activating group) is 1. The summed E-state index contributed by atoms with van der Waals surface area (Å²) in [6, 6.07) is 0. The average molecular weight is 310 g/mol. The van der Waals surface area contributed by atoms with Gasteiger partial charge in [-0.15, -0.1) is 11.3 Å². The molecule has 8 heteroatoms. The third-order valence-electron chi connectivity index (χ3n) is 3.98. The zero-order valence-corrected chi connectivity index (χ0v) is 12.7. The van der Waals surface area contributed by atoms with Gasteiger partial charge in [0.25, 0.3) is 0 Å². The largest absolute Gasteiger partial charge is 0.465 e. The van der Waals surface area contributed by atoms with Gasteiger partial charge in [-0.2, -0.15) is 0 Å². The smallest absolute Gasteiger partial charge is 0.407 e. The number of anilines is 1. The Bertz CT molecular complexity index is 574. The topological polar surface area (TPSA) is 85.8 Å². The van der Waals surface area contributed by atoms with Crippen LogP contribution in [0.4, 0.5) is 9.93 Å². The Hall–Kier alpha value is -1.67. The Morgan fingerprint density at radius 3 is 2.95 bits per heavy atom. The summed E-state index contributed by atoms with van der Waals surface area (Å²) in [7, 11) is 2.07. The quantitative estimate of drug-likeness (QED) is 0.853. The van der Waals surface area contributed by atoms with Crippen molar-refractivity contribution in [2.45, 2.75) is 19.4 Å². The molecule has 0 aromatic carbocycles. The highest BCUT2D eigenvalue weighted by molar-refractivity contribution is 7.15. The summed E-state index contributed by atoms with van der Waals surface area (Å²) in [6.45, 7) is 2.56. The van der Waals surface area contributed by atoms with E-state index in [-0.39, 0.29) is 18.4 Å². The Kier molecular flexibility index (Phi) is 3.81. The fourth-order valence-corrected chi connectivity index (χ4v) is 3.82. The molecule has 3 heterocycles. The third kappa shape index (κ3) is 3.01. The number of rotatable bonds is 2. The van der Waals surface area contributed by atoms with Gasteiger partial charge >= 0.3 is 6.09 Å². The molecule has 2 aliphatic heterocycles. The molecule has 2 N–H and O–H groups in total. The fraction of sp³-hybridized carbons (Fsp3) is 0.615. The lowest BCUT2D eigenvalue weighted by Gasteiger charge is -2.20. The van der Waals surface area contributed by atoms with Gasteiger partial charge in [0.15, 0.2) is 5.13 Å². The lowest BCUT2D eigenvalue weighted by atomic mass is 10.1. The number of carbonyl (C=O) groups excluding carboxylic acids is 1. The van der Waals surface area contributed by atoms with E-state index in [2.05, 4.69) is 22.2 Å². The van der Waals surface area contributed by atoms with Crippen LogP contribution < -0.4 is 5.32 Å². The van der Waals surface area contributed by atoms with Gasteiger partial charge in [-0.3, -0.25) is 4.79 Å². The molecule has 1 fully saturated rings. The minimum absolute atomic E-state index is 0.127. The lowest BCUT2D eigenvalue weighted by molar-refractivity contribution is -0.119. The third-order valence-corrected chi connectivity index (χ3v) is 4.98. The number of carbonyl (C=O) groups is 2. The van der Waals surface area contributed by atoms with E-state index < -0.39 is 6.09 Å². The van der Waals surface area contributed by atoms with Crippen molar-refractivity contribution in [2.75, 3.05) is 32.0 Å². The SMILES string of the molecule is CN1CCc2nc(NC(=O)C3CCN(C(=O)O)C3)sc2C1. The molecule has 0 radical (unpaired) electrons. The predicted octanol–water partition coefficient (Wildman–Crippen LogP) is 1.07. The molecule has 1 aromatic heterocycles. The zero-order valence-electron chi connectivity index (χ0n) is 11.8. The van der Waals surface area contributed by atoms with Crippen molar-refractivity contribution in [3.63, 3.8) is 0 Å². The average Bonchev–Trinajstić information content (AvgIpc) is 3.03. The molecule has 2 amide bonds. The number of carboxylic acid groups (broad SMARTS) is 1. The molecule has 114 valence electrons. The monoisotopic (exact) mass is 310 g/mol. The van der Waals surface area contributed by atoms with Crippen LogP contribution in [0.5, 0.6) is 0 Å². The summed E-state index contributed by atoms with van der Waals surface area (Å²) in [6.07, 6.45) is 0.526. The number of amides is 2. The van der Waals surface area contributed by atoms with Gasteiger partial charge in [0.05, 0.1) is 11.6 Å². The van der Waals surface area contributed by atoms with E-state index in [1.165, 1.54) is 21.1 Å².